The molecule has 0 amide bonds. The molecular weight excluding hydrogens is 338 g/mol. The Bertz CT molecular complexity index is 529. The van der Waals surface area contributed by atoms with Crippen LogP contribution in [0.2, 0.25) is 0 Å². The van der Waals surface area contributed by atoms with Gasteiger partial charge in [-0.3, -0.25) is 0 Å². The van der Waals surface area contributed by atoms with Gasteiger partial charge >= 0.3 is 5.97 Å². The van der Waals surface area contributed by atoms with Gasteiger partial charge in [0.15, 0.2) is 0 Å². The maximum Gasteiger partial charge on any atom is 0.341 e. The van der Waals surface area contributed by atoms with Gasteiger partial charge in [0, 0.05) is 0 Å². The molecule has 0 radical (unpaired) electrons. The van der Waals surface area contributed by atoms with Gasteiger partial charge in [-0.15, -0.1) is 0 Å². The number of rotatable bonds is 14. The van der Waals surface area contributed by atoms with E-state index in [0.29, 0.717) is 18.8 Å². The van der Waals surface area contributed by atoms with Crippen molar-refractivity contribution in [3.63, 3.8) is 0 Å². The zero-order valence-electron chi connectivity index (χ0n) is 18.1. The van der Waals surface area contributed by atoms with Crippen molar-refractivity contribution in [1.29, 1.82) is 0 Å². The van der Waals surface area contributed by atoms with E-state index in [4.69, 9.17) is 9.47 Å². The average Bonchev–Trinajstić information content (AvgIpc) is 2.65. The first kappa shape index (κ1) is 25.4. The molecule has 1 rings (SSSR count). The number of hydrogen-bond donors (Lipinski definition) is 1. The molecule has 27 heavy (non-hydrogen) atoms. The summed E-state index contributed by atoms with van der Waals surface area (Å²) in [5.74, 6) is 0.534. The summed E-state index contributed by atoms with van der Waals surface area (Å²) in [4.78, 5) is 12.6. The summed E-state index contributed by atoms with van der Waals surface area (Å²) in [5.41, 5.74) is 3.15. The van der Waals surface area contributed by atoms with Crippen LogP contribution in [0.4, 0.5) is 0 Å². The summed E-state index contributed by atoms with van der Waals surface area (Å²) >= 11 is 0. The van der Waals surface area contributed by atoms with Gasteiger partial charge in [0.05, 0.1) is 13.2 Å². The zero-order valence-corrected chi connectivity index (χ0v) is 18.1. The Morgan fingerprint density at radius 2 is 1.41 bits per heavy atom. The first-order chi connectivity index (χ1) is 12.7. The topological polar surface area (TPSA) is 70.5 Å². The smallest absolute Gasteiger partial charge is 0.341 e. The fourth-order valence-corrected chi connectivity index (χ4v) is 2.93. The van der Waals surface area contributed by atoms with Crippen molar-refractivity contribution in [2.24, 2.45) is 0 Å². The summed E-state index contributed by atoms with van der Waals surface area (Å²) in [7, 11) is 0. The molecule has 0 atom stereocenters. The third kappa shape index (κ3) is 8.79. The maximum atomic E-state index is 12.6. The second kappa shape index (κ2) is 15.5. The van der Waals surface area contributed by atoms with Crippen LogP contribution >= 0.6 is 0 Å². The highest BCUT2D eigenvalue weighted by atomic mass is 16.5. The van der Waals surface area contributed by atoms with Crippen molar-refractivity contribution >= 4 is 5.97 Å². The Labute approximate surface area is 166 Å². The van der Waals surface area contributed by atoms with Crippen molar-refractivity contribution in [3.05, 3.63) is 28.8 Å². The lowest BCUT2D eigenvalue weighted by Gasteiger charge is -2.19. The van der Waals surface area contributed by atoms with Crippen molar-refractivity contribution in [2.45, 2.75) is 91.9 Å². The van der Waals surface area contributed by atoms with Crippen LogP contribution in [0.15, 0.2) is 12.1 Å². The van der Waals surface area contributed by atoms with Gasteiger partial charge in [0.2, 0.25) is 0 Å². The molecule has 0 aliphatic rings. The number of esters is 1. The number of aryl methyl sites for hydroxylation is 1. The van der Waals surface area contributed by atoms with Crippen LogP contribution < -0.4 is 10.9 Å². The van der Waals surface area contributed by atoms with Crippen LogP contribution in [-0.4, -0.2) is 19.2 Å². The molecule has 0 saturated carbocycles. The van der Waals surface area contributed by atoms with Gasteiger partial charge < -0.3 is 15.6 Å². The van der Waals surface area contributed by atoms with Crippen LogP contribution in [0.3, 0.4) is 0 Å². The standard InChI is InChI=1S/C23H38O3.H3N/c1-5-9-13-19-15-16-21(23(24)26-18-12-8-4)22(25-17-11-7-3)20(19)14-10-6-2;/h15-16H,5-14,17-18H2,1-4H3;1H3. The molecule has 0 aliphatic heterocycles. The van der Waals surface area contributed by atoms with E-state index in [1.165, 1.54) is 17.5 Å². The molecule has 0 bridgehead atoms. The van der Waals surface area contributed by atoms with Crippen molar-refractivity contribution < 1.29 is 14.3 Å². The fraction of sp³-hybridized carbons (Fsp3) is 0.696. The van der Waals surface area contributed by atoms with E-state index in [-0.39, 0.29) is 12.1 Å². The molecule has 0 unspecified atom stereocenters. The molecule has 156 valence electrons. The van der Waals surface area contributed by atoms with Gasteiger partial charge in [-0.1, -0.05) is 59.4 Å². The molecule has 0 spiro atoms. The summed E-state index contributed by atoms with van der Waals surface area (Å²) in [6, 6.07) is 4.03. The lowest BCUT2D eigenvalue weighted by molar-refractivity contribution is 0.0494. The molecule has 0 aromatic heterocycles. The minimum absolute atomic E-state index is 0. The molecule has 4 nitrogen and oxygen atoms in total. The van der Waals surface area contributed by atoms with E-state index >= 15 is 0 Å². The lowest BCUT2D eigenvalue weighted by atomic mass is 9.94. The molecule has 0 heterocycles. The third-order valence-corrected chi connectivity index (χ3v) is 4.63. The van der Waals surface area contributed by atoms with Crippen LogP contribution in [0.5, 0.6) is 5.75 Å². The largest absolute Gasteiger partial charge is 0.492 e. The van der Waals surface area contributed by atoms with E-state index in [1.807, 2.05) is 6.07 Å². The summed E-state index contributed by atoms with van der Waals surface area (Å²) in [6.07, 6.45) is 10.6. The number of carbonyl (C=O) groups excluding carboxylic acids is 1. The van der Waals surface area contributed by atoms with Crippen molar-refractivity contribution in [1.82, 2.24) is 6.15 Å². The lowest BCUT2D eigenvalue weighted by Crippen LogP contribution is -2.13. The first-order valence-corrected chi connectivity index (χ1v) is 10.6. The van der Waals surface area contributed by atoms with E-state index in [0.717, 1.165) is 63.5 Å². The maximum absolute atomic E-state index is 12.6. The first-order valence-electron chi connectivity index (χ1n) is 10.6. The normalized spacial score (nSPS) is 10.4. The van der Waals surface area contributed by atoms with Gasteiger partial charge in [0.1, 0.15) is 11.3 Å². The SMILES string of the molecule is CCCCOC(=O)c1ccc(CCCC)c(CCCC)c1OCCCC.N. The predicted octanol–water partition coefficient (Wildman–Crippen LogP) is 6.67. The number of unbranched alkanes of at least 4 members (excludes halogenated alkanes) is 4. The quantitative estimate of drug-likeness (QED) is 0.289. The molecule has 1 aromatic carbocycles. The van der Waals surface area contributed by atoms with Gasteiger partial charge in [0.25, 0.3) is 0 Å². The van der Waals surface area contributed by atoms with Crippen LogP contribution in [0.1, 0.15) is 101 Å². The minimum Gasteiger partial charge on any atom is -0.492 e. The second-order valence-corrected chi connectivity index (χ2v) is 6.98. The van der Waals surface area contributed by atoms with Crippen LogP contribution in [-0.2, 0) is 17.6 Å². The molecule has 0 aliphatic carbocycles. The Balaban J connectivity index is 0.00000676. The highest BCUT2D eigenvalue weighted by molar-refractivity contribution is 5.93. The Kier molecular flexibility index (Phi) is 14.6. The van der Waals surface area contributed by atoms with Crippen LogP contribution in [0.25, 0.3) is 0 Å². The molecule has 3 N–H and O–H groups in total. The number of ether oxygens (including phenoxy) is 2. The number of carbonyl (C=O) groups is 1. The van der Waals surface area contributed by atoms with E-state index in [2.05, 4.69) is 33.8 Å². The number of hydrogen-bond acceptors (Lipinski definition) is 4. The van der Waals surface area contributed by atoms with Crippen molar-refractivity contribution in [3.8, 4) is 5.75 Å². The molecule has 0 fully saturated rings. The highest BCUT2D eigenvalue weighted by Crippen LogP contribution is 2.31. The van der Waals surface area contributed by atoms with E-state index in [1.54, 1.807) is 0 Å². The molecule has 1 aromatic rings. The monoisotopic (exact) mass is 379 g/mol. The number of benzene rings is 1. The predicted molar refractivity (Wildman–Crippen MR) is 114 cm³/mol. The summed E-state index contributed by atoms with van der Waals surface area (Å²) in [6.45, 7) is 9.79. The summed E-state index contributed by atoms with van der Waals surface area (Å²) in [5, 5.41) is 0. The van der Waals surface area contributed by atoms with Gasteiger partial charge in [-0.05, 0) is 55.7 Å². The van der Waals surface area contributed by atoms with Crippen molar-refractivity contribution in [2.75, 3.05) is 13.2 Å². The second-order valence-electron chi connectivity index (χ2n) is 6.98. The Morgan fingerprint density at radius 1 is 0.815 bits per heavy atom. The third-order valence-electron chi connectivity index (χ3n) is 4.63. The van der Waals surface area contributed by atoms with Gasteiger partial charge in [-0.2, -0.15) is 0 Å². The van der Waals surface area contributed by atoms with E-state index in [9.17, 15) is 4.79 Å². The molecular formula is C23H41NO3. The summed E-state index contributed by atoms with van der Waals surface area (Å²) < 4.78 is 11.6. The average molecular weight is 380 g/mol. The Hall–Kier alpha value is -1.55. The van der Waals surface area contributed by atoms with Crippen LogP contribution in [0, 0.1) is 0 Å². The molecule has 4 heteroatoms. The minimum atomic E-state index is -0.246. The van der Waals surface area contributed by atoms with E-state index < -0.39 is 0 Å². The van der Waals surface area contributed by atoms with Gasteiger partial charge in [-0.25, -0.2) is 4.79 Å². The molecule has 0 saturated heterocycles. The fourth-order valence-electron chi connectivity index (χ4n) is 2.93. The zero-order chi connectivity index (χ0) is 19.2. The Morgan fingerprint density at radius 3 is 2.04 bits per heavy atom. The highest BCUT2D eigenvalue weighted by Gasteiger charge is 2.20.